The van der Waals surface area contributed by atoms with E-state index in [1.165, 1.54) is 16.0 Å². The Morgan fingerprint density at radius 3 is 1.79 bits per heavy atom. The Morgan fingerprint density at radius 1 is 0.492 bits per heavy atom. The van der Waals surface area contributed by atoms with E-state index in [4.69, 9.17) is 20.7 Å². The molecular weight excluding hydrogens is 789 g/mol. The predicted octanol–water partition coefficient (Wildman–Crippen LogP) is 14.0. The number of fused-ring (bicyclic) bond motifs is 7. The van der Waals surface area contributed by atoms with E-state index in [9.17, 15) is 0 Å². The van der Waals surface area contributed by atoms with Gasteiger partial charge in [0, 0.05) is 32.0 Å². The molecule has 8 aromatic carbocycles. The molecule has 0 saturated heterocycles. The maximum atomic E-state index is 6.98. The lowest BCUT2D eigenvalue weighted by Crippen LogP contribution is -2.21. The first kappa shape index (κ1) is 36.7. The minimum Gasteiger partial charge on any atom is -0.369 e. The maximum Gasteiger partial charge on any atom is 0.235 e. The molecular formula is C56H38N6S. The number of thiophene rings is 1. The zero-order valence-electron chi connectivity index (χ0n) is 34.1. The van der Waals surface area contributed by atoms with Crippen LogP contribution >= 0.6 is 11.3 Å². The second-order valence-corrected chi connectivity index (χ2v) is 16.9. The lowest BCUT2D eigenvalue weighted by atomic mass is 10.0. The Morgan fingerprint density at radius 2 is 1.05 bits per heavy atom. The molecule has 0 atom stereocenters. The fraction of sp³-hybridized carbons (Fsp3) is 0.0179. The van der Waals surface area contributed by atoms with Crippen LogP contribution in [-0.4, -0.2) is 25.1 Å². The summed E-state index contributed by atoms with van der Waals surface area (Å²) < 4.78 is 5.38. The van der Waals surface area contributed by atoms with Crippen LogP contribution in [0.4, 0.5) is 5.69 Å². The Bertz CT molecular complexity index is 3710. The molecule has 63 heavy (non-hydrogen) atoms. The molecule has 298 valence electrons. The number of benzene rings is 8. The van der Waals surface area contributed by atoms with Crippen molar-refractivity contribution < 1.29 is 0 Å². The van der Waals surface area contributed by atoms with Gasteiger partial charge in [0.15, 0.2) is 0 Å². The summed E-state index contributed by atoms with van der Waals surface area (Å²) in [6, 6.07) is 72.3. The van der Waals surface area contributed by atoms with Crippen molar-refractivity contribution in [3.8, 4) is 38.8 Å². The SMILES string of the molecule is NC(=Nc1ccccc1Cc1ccccc1)n1c2ccccc2c2cc(-c3ccc4c(c3)c3ccccc3n4-c3nc(-c4ccccc4)c4sc(-c5ccccc5)cc4n3)ccc21. The number of nitrogens with two attached hydrogens (primary N) is 1. The van der Waals surface area contributed by atoms with Crippen LogP contribution < -0.4 is 5.73 Å². The third kappa shape index (κ3) is 6.37. The number of aromatic nitrogens is 4. The summed E-state index contributed by atoms with van der Waals surface area (Å²) in [4.78, 5) is 16.9. The van der Waals surface area contributed by atoms with Gasteiger partial charge in [0.1, 0.15) is 0 Å². The van der Waals surface area contributed by atoms with Crippen molar-refractivity contribution in [3.63, 3.8) is 0 Å². The molecule has 4 heterocycles. The van der Waals surface area contributed by atoms with Crippen molar-refractivity contribution in [1.82, 2.24) is 19.1 Å². The molecule has 0 aliphatic rings. The number of hydrogen-bond donors (Lipinski definition) is 1. The number of rotatable bonds is 7. The third-order valence-electron chi connectivity index (χ3n) is 12.0. The third-order valence-corrected chi connectivity index (χ3v) is 13.2. The molecule has 12 rings (SSSR count). The van der Waals surface area contributed by atoms with Gasteiger partial charge in [-0.2, -0.15) is 0 Å². The highest BCUT2D eigenvalue weighted by molar-refractivity contribution is 7.22. The number of aliphatic imine (C=N–C) groups is 1. The predicted molar refractivity (Wildman–Crippen MR) is 263 cm³/mol. The summed E-state index contributed by atoms with van der Waals surface area (Å²) in [5.74, 6) is 1.08. The van der Waals surface area contributed by atoms with Crippen molar-refractivity contribution in [2.45, 2.75) is 6.42 Å². The van der Waals surface area contributed by atoms with Crippen molar-refractivity contribution >= 4 is 76.8 Å². The van der Waals surface area contributed by atoms with E-state index in [1.807, 2.05) is 24.3 Å². The summed E-state index contributed by atoms with van der Waals surface area (Å²) >= 11 is 1.74. The minimum atomic E-state index is 0.429. The van der Waals surface area contributed by atoms with E-state index in [1.54, 1.807) is 11.3 Å². The van der Waals surface area contributed by atoms with Crippen LogP contribution in [0.25, 0.3) is 92.6 Å². The summed E-state index contributed by atoms with van der Waals surface area (Å²) in [5.41, 5.74) is 20.6. The van der Waals surface area contributed by atoms with Gasteiger partial charge in [0.05, 0.1) is 43.7 Å². The number of para-hydroxylation sites is 3. The highest BCUT2D eigenvalue weighted by atomic mass is 32.1. The monoisotopic (exact) mass is 826 g/mol. The van der Waals surface area contributed by atoms with Crippen LogP contribution in [0, 0.1) is 0 Å². The van der Waals surface area contributed by atoms with Crippen LogP contribution in [0.3, 0.4) is 0 Å². The quantitative estimate of drug-likeness (QED) is 0.128. The molecule has 0 saturated carbocycles. The lowest BCUT2D eigenvalue weighted by molar-refractivity contribution is 1.02. The fourth-order valence-electron chi connectivity index (χ4n) is 9.08. The van der Waals surface area contributed by atoms with Gasteiger partial charge in [0.2, 0.25) is 11.9 Å². The van der Waals surface area contributed by atoms with Crippen molar-refractivity contribution in [3.05, 3.63) is 217 Å². The first-order valence-electron chi connectivity index (χ1n) is 21.1. The lowest BCUT2D eigenvalue weighted by Gasteiger charge is -2.11. The molecule has 4 aromatic heterocycles. The molecule has 0 unspecified atom stereocenters. The van der Waals surface area contributed by atoms with Gasteiger partial charge in [-0.3, -0.25) is 9.13 Å². The molecule has 0 amide bonds. The van der Waals surface area contributed by atoms with Gasteiger partial charge in [-0.05, 0) is 82.8 Å². The van der Waals surface area contributed by atoms with E-state index in [0.717, 1.165) is 93.9 Å². The van der Waals surface area contributed by atoms with Crippen LogP contribution in [0.15, 0.2) is 211 Å². The highest BCUT2D eigenvalue weighted by Crippen LogP contribution is 2.41. The van der Waals surface area contributed by atoms with Gasteiger partial charge in [-0.25, -0.2) is 15.0 Å². The van der Waals surface area contributed by atoms with Crippen LogP contribution in [0.1, 0.15) is 11.1 Å². The number of nitrogens with zero attached hydrogens (tertiary/aromatic N) is 5. The van der Waals surface area contributed by atoms with E-state index in [0.29, 0.717) is 11.9 Å². The fourth-order valence-corrected chi connectivity index (χ4v) is 10.2. The van der Waals surface area contributed by atoms with Crippen LogP contribution in [0.5, 0.6) is 0 Å². The summed E-state index contributed by atoms with van der Waals surface area (Å²) in [6.45, 7) is 0. The molecule has 0 radical (unpaired) electrons. The van der Waals surface area contributed by atoms with Crippen molar-refractivity contribution in [2.24, 2.45) is 10.7 Å². The molecule has 12 aromatic rings. The topological polar surface area (TPSA) is 74.0 Å². The largest absolute Gasteiger partial charge is 0.369 e. The average molecular weight is 827 g/mol. The molecule has 0 aliphatic heterocycles. The Balaban J connectivity index is 0.981. The van der Waals surface area contributed by atoms with Gasteiger partial charge in [0.25, 0.3) is 0 Å². The van der Waals surface area contributed by atoms with Crippen molar-refractivity contribution in [1.29, 1.82) is 0 Å². The average Bonchev–Trinajstić information content (AvgIpc) is 4.03. The summed E-state index contributed by atoms with van der Waals surface area (Å²) in [7, 11) is 0. The van der Waals surface area contributed by atoms with Gasteiger partial charge in [-0.1, -0.05) is 158 Å². The second-order valence-electron chi connectivity index (χ2n) is 15.9. The molecule has 2 N–H and O–H groups in total. The zero-order valence-corrected chi connectivity index (χ0v) is 34.9. The standard InChI is InChI=1S/C56H38N6S/c57-55(58-46-25-13-10-22-41(46)32-36-16-4-1-5-17-36)61-48-26-14-11-23-42(48)44-33-39(28-30-50(44)61)40-29-31-51-45(34-40)43-24-12-15-27-49(43)62(51)56-59-47-35-52(37-18-6-2-7-19-37)63-54(47)53(60-56)38-20-8-3-9-21-38/h1-31,33-35H,32H2,(H2,57,58). The minimum absolute atomic E-state index is 0.429. The number of hydrogen-bond acceptors (Lipinski definition) is 4. The zero-order chi connectivity index (χ0) is 41.9. The molecule has 0 spiro atoms. The normalized spacial score (nSPS) is 12.0. The second kappa shape index (κ2) is 15.1. The van der Waals surface area contributed by atoms with Crippen LogP contribution in [-0.2, 0) is 6.42 Å². The Kier molecular flexibility index (Phi) is 8.79. The summed E-state index contributed by atoms with van der Waals surface area (Å²) in [6.07, 6.45) is 0.772. The van der Waals surface area contributed by atoms with Crippen molar-refractivity contribution in [2.75, 3.05) is 0 Å². The van der Waals surface area contributed by atoms with E-state index < -0.39 is 0 Å². The molecule has 6 nitrogen and oxygen atoms in total. The first-order chi connectivity index (χ1) is 31.1. The van der Waals surface area contributed by atoms with Gasteiger partial charge >= 0.3 is 0 Å². The molecule has 0 aliphatic carbocycles. The Labute approximate surface area is 367 Å². The van der Waals surface area contributed by atoms with E-state index in [-0.39, 0.29) is 0 Å². The van der Waals surface area contributed by atoms with Gasteiger partial charge < -0.3 is 5.73 Å². The van der Waals surface area contributed by atoms with E-state index >= 15 is 0 Å². The Hall–Kier alpha value is -8.13. The molecule has 0 bridgehead atoms. The first-order valence-corrected chi connectivity index (χ1v) is 21.9. The summed E-state index contributed by atoms with van der Waals surface area (Å²) in [5, 5.41) is 4.51. The van der Waals surface area contributed by atoms with E-state index in [2.05, 4.69) is 191 Å². The maximum absolute atomic E-state index is 6.98. The molecule has 7 heteroatoms. The highest BCUT2D eigenvalue weighted by Gasteiger charge is 2.21. The van der Waals surface area contributed by atoms with Gasteiger partial charge in [-0.15, -0.1) is 11.3 Å². The molecule has 0 fully saturated rings. The van der Waals surface area contributed by atoms with Crippen LogP contribution in [0.2, 0.25) is 0 Å². The smallest absolute Gasteiger partial charge is 0.235 e.